The predicted molar refractivity (Wildman–Crippen MR) is 78.7 cm³/mol. The van der Waals surface area contributed by atoms with Gasteiger partial charge >= 0.3 is 0 Å². The van der Waals surface area contributed by atoms with Gasteiger partial charge in [-0.05, 0) is 36.5 Å². The third-order valence-corrected chi connectivity index (χ3v) is 4.12. The van der Waals surface area contributed by atoms with Gasteiger partial charge in [-0.25, -0.2) is 0 Å². The largest absolute Gasteiger partial charge is 0.303 e. The van der Waals surface area contributed by atoms with E-state index in [4.69, 9.17) is 12.2 Å². The molecule has 1 saturated carbocycles. The Labute approximate surface area is 118 Å². The SMILES string of the molecule is CC(C)Cn1c(C2(c3ccccc3)CC2)n[nH]c1=S. The molecule has 0 unspecified atom stereocenters. The monoisotopic (exact) mass is 273 g/mol. The fourth-order valence-corrected chi connectivity index (χ4v) is 2.95. The van der Waals surface area contributed by atoms with Crippen LogP contribution >= 0.6 is 12.2 Å². The standard InChI is InChI=1S/C15H19N3S/c1-11(2)10-18-13(16-17-14(18)19)15(8-9-15)12-6-4-3-5-7-12/h3-7,11H,8-10H2,1-2H3,(H,17,19). The average molecular weight is 273 g/mol. The molecule has 3 rings (SSSR count). The number of H-pyrrole nitrogens is 1. The Kier molecular flexibility index (Phi) is 3.05. The first kappa shape index (κ1) is 12.6. The van der Waals surface area contributed by atoms with E-state index in [1.54, 1.807) is 0 Å². The van der Waals surface area contributed by atoms with Gasteiger partial charge in [-0.15, -0.1) is 0 Å². The van der Waals surface area contributed by atoms with E-state index in [0.29, 0.717) is 5.92 Å². The van der Waals surface area contributed by atoms with E-state index in [-0.39, 0.29) is 5.41 Å². The van der Waals surface area contributed by atoms with Crippen LogP contribution in [0.4, 0.5) is 0 Å². The van der Waals surface area contributed by atoms with Gasteiger partial charge in [0.15, 0.2) is 4.77 Å². The quantitative estimate of drug-likeness (QED) is 0.862. The summed E-state index contributed by atoms with van der Waals surface area (Å²) in [6.45, 7) is 5.35. The minimum Gasteiger partial charge on any atom is -0.303 e. The van der Waals surface area contributed by atoms with Crippen molar-refractivity contribution >= 4 is 12.2 Å². The number of hydrogen-bond donors (Lipinski definition) is 1. The second kappa shape index (κ2) is 4.60. The van der Waals surface area contributed by atoms with Crippen molar-refractivity contribution < 1.29 is 0 Å². The molecule has 0 aliphatic heterocycles. The zero-order chi connectivity index (χ0) is 13.5. The topological polar surface area (TPSA) is 33.6 Å². The number of hydrogen-bond acceptors (Lipinski definition) is 2. The minimum absolute atomic E-state index is 0.0870. The highest BCUT2D eigenvalue weighted by Crippen LogP contribution is 2.52. The van der Waals surface area contributed by atoms with Crippen LogP contribution in [0.2, 0.25) is 0 Å². The fraction of sp³-hybridized carbons (Fsp3) is 0.467. The van der Waals surface area contributed by atoms with E-state index in [1.807, 2.05) is 0 Å². The van der Waals surface area contributed by atoms with Crippen molar-refractivity contribution in [3.8, 4) is 0 Å². The third kappa shape index (κ3) is 2.14. The maximum absolute atomic E-state index is 5.38. The van der Waals surface area contributed by atoms with Crippen LogP contribution < -0.4 is 0 Å². The van der Waals surface area contributed by atoms with Crippen molar-refractivity contribution in [3.63, 3.8) is 0 Å². The summed E-state index contributed by atoms with van der Waals surface area (Å²) in [5.74, 6) is 1.67. The summed E-state index contributed by atoms with van der Waals surface area (Å²) in [5, 5.41) is 7.50. The van der Waals surface area contributed by atoms with E-state index in [1.165, 1.54) is 5.56 Å². The van der Waals surface area contributed by atoms with Crippen LogP contribution in [0, 0.1) is 10.7 Å². The van der Waals surface area contributed by atoms with Crippen molar-refractivity contribution in [1.29, 1.82) is 0 Å². The second-order valence-corrected chi connectivity index (χ2v) is 6.19. The molecule has 3 nitrogen and oxygen atoms in total. The molecule has 0 spiro atoms. The third-order valence-electron chi connectivity index (χ3n) is 3.81. The Balaban J connectivity index is 2.06. The van der Waals surface area contributed by atoms with Crippen LogP contribution in [0.15, 0.2) is 30.3 Å². The number of rotatable bonds is 4. The van der Waals surface area contributed by atoms with Crippen molar-refractivity contribution in [3.05, 3.63) is 46.5 Å². The summed E-state index contributed by atoms with van der Waals surface area (Å²) in [5.41, 5.74) is 1.44. The molecule has 0 bridgehead atoms. The Morgan fingerprint density at radius 1 is 1.32 bits per heavy atom. The average Bonchev–Trinajstić information content (AvgIpc) is 3.13. The van der Waals surface area contributed by atoms with Gasteiger partial charge in [0.05, 0.1) is 5.41 Å². The minimum atomic E-state index is 0.0870. The van der Waals surface area contributed by atoms with Gasteiger partial charge in [0.2, 0.25) is 0 Å². The van der Waals surface area contributed by atoms with Gasteiger partial charge in [-0.1, -0.05) is 44.2 Å². The van der Waals surface area contributed by atoms with E-state index < -0.39 is 0 Å². The van der Waals surface area contributed by atoms with Gasteiger partial charge in [0.1, 0.15) is 5.82 Å². The number of nitrogens with one attached hydrogen (secondary N) is 1. The lowest BCUT2D eigenvalue weighted by Gasteiger charge is -2.17. The number of aromatic nitrogens is 3. The highest BCUT2D eigenvalue weighted by Gasteiger charge is 2.49. The van der Waals surface area contributed by atoms with Crippen molar-refractivity contribution in [1.82, 2.24) is 14.8 Å². The lowest BCUT2D eigenvalue weighted by molar-refractivity contribution is 0.491. The highest BCUT2D eigenvalue weighted by molar-refractivity contribution is 7.71. The molecule has 0 saturated heterocycles. The lowest BCUT2D eigenvalue weighted by atomic mass is 9.95. The van der Waals surface area contributed by atoms with Gasteiger partial charge in [0, 0.05) is 6.54 Å². The molecule has 1 aromatic heterocycles. The number of nitrogens with zero attached hydrogens (tertiary/aromatic N) is 2. The van der Waals surface area contributed by atoms with Crippen LogP contribution in [0.5, 0.6) is 0 Å². The zero-order valence-electron chi connectivity index (χ0n) is 11.4. The molecular weight excluding hydrogens is 254 g/mol. The molecule has 1 fully saturated rings. The lowest BCUT2D eigenvalue weighted by Crippen LogP contribution is -2.18. The van der Waals surface area contributed by atoms with Crippen LogP contribution in [0.3, 0.4) is 0 Å². The summed E-state index contributed by atoms with van der Waals surface area (Å²) in [7, 11) is 0. The molecule has 1 N–H and O–H groups in total. The Morgan fingerprint density at radius 3 is 2.58 bits per heavy atom. The van der Waals surface area contributed by atoms with E-state index in [0.717, 1.165) is 30.0 Å². The first-order chi connectivity index (χ1) is 9.13. The van der Waals surface area contributed by atoms with Gasteiger partial charge < -0.3 is 4.57 Å². The normalized spacial score (nSPS) is 16.8. The van der Waals surface area contributed by atoms with Gasteiger partial charge in [-0.3, -0.25) is 5.10 Å². The molecule has 1 aliphatic carbocycles. The van der Waals surface area contributed by atoms with E-state index in [9.17, 15) is 0 Å². The van der Waals surface area contributed by atoms with Crippen molar-refractivity contribution in [2.75, 3.05) is 0 Å². The Bertz CT molecular complexity index is 620. The molecule has 19 heavy (non-hydrogen) atoms. The highest BCUT2D eigenvalue weighted by atomic mass is 32.1. The van der Waals surface area contributed by atoms with Crippen LogP contribution in [0.25, 0.3) is 0 Å². The number of aromatic amines is 1. The Hall–Kier alpha value is -1.42. The molecule has 0 atom stereocenters. The predicted octanol–water partition coefficient (Wildman–Crippen LogP) is 3.68. The van der Waals surface area contributed by atoms with E-state index in [2.05, 4.69) is 58.9 Å². The van der Waals surface area contributed by atoms with Crippen molar-refractivity contribution in [2.24, 2.45) is 5.92 Å². The molecular formula is C15H19N3S. The smallest absolute Gasteiger partial charge is 0.195 e. The Morgan fingerprint density at radius 2 is 2.00 bits per heavy atom. The summed E-state index contributed by atoms with van der Waals surface area (Å²) < 4.78 is 2.92. The van der Waals surface area contributed by atoms with Crippen LogP contribution in [-0.2, 0) is 12.0 Å². The fourth-order valence-electron chi connectivity index (χ4n) is 2.74. The molecule has 2 aromatic rings. The molecule has 0 radical (unpaired) electrons. The summed E-state index contributed by atoms with van der Waals surface area (Å²) in [6.07, 6.45) is 2.32. The summed E-state index contributed by atoms with van der Waals surface area (Å²) in [6, 6.07) is 10.7. The van der Waals surface area contributed by atoms with E-state index >= 15 is 0 Å². The molecule has 100 valence electrons. The molecule has 4 heteroatoms. The maximum atomic E-state index is 5.38. The first-order valence-corrected chi connectivity index (χ1v) is 7.25. The first-order valence-electron chi connectivity index (χ1n) is 6.85. The van der Waals surface area contributed by atoms with Gasteiger partial charge in [-0.2, -0.15) is 5.10 Å². The summed E-state index contributed by atoms with van der Waals surface area (Å²) in [4.78, 5) is 0. The maximum Gasteiger partial charge on any atom is 0.195 e. The van der Waals surface area contributed by atoms with Gasteiger partial charge in [0.25, 0.3) is 0 Å². The second-order valence-electron chi connectivity index (χ2n) is 5.80. The van der Waals surface area contributed by atoms with Crippen LogP contribution in [0.1, 0.15) is 38.1 Å². The molecule has 1 heterocycles. The van der Waals surface area contributed by atoms with Crippen molar-refractivity contribution in [2.45, 2.75) is 38.6 Å². The van der Waals surface area contributed by atoms with Crippen LogP contribution in [-0.4, -0.2) is 14.8 Å². The molecule has 1 aromatic carbocycles. The number of benzene rings is 1. The molecule has 1 aliphatic rings. The zero-order valence-corrected chi connectivity index (χ0v) is 12.2. The molecule has 0 amide bonds. The summed E-state index contributed by atoms with van der Waals surface area (Å²) >= 11 is 5.38.